The average molecular weight is 520 g/mol. The molecule has 2 aromatic rings. The van der Waals surface area contributed by atoms with Gasteiger partial charge in [0.2, 0.25) is 6.29 Å². The molecule has 1 saturated heterocycles. The van der Waals surface area contributed by atoms with E-state index < -0.39 is 66.8 Å². The molecule has 0 radical (unpaired) electrons. The Morgan fingerprint density at radius 3 is 1.95 bits per heavy atom. The van der Waals surface area contributed by atoms with Crippen molar-refractivity contribution in [2.75, 3.05) is 17.2 Å². The van der Waals surface area contributed by atoms with E-state index in [-0.39, 0.29) is 24.3 Å². The van der Waals surface area contributed by atoms with Gasteiger partial charge in [0, 0.05) is 25.6 Å². The predicted molar refractivity (Wildman–Crippen MR) is 125 cm³/mol. The molecule has 3 rings (SSSR count). The number of hydrogen-bond donors (Lipinski definition) is 2. The zero-order valence-electron chi connectivity index (χ0n) is 19.1. The fourth-order valence-corrected chi connectivity index (χ4v) is 3.68. The zero-order chi connectivity index (χ0) is 27.3. The number of nitro benzene ring substituents is 4. The maximum Gasteiger partial charge on any atom is 0.305 e. The lowest BCUT2D eigenvalue weighted by molar-refractivity contribution is -0.393. The van der Waals surface area contributed by atoms with Gasteiger partial charge in [0.15, 0.2) is 0 Å². The topological polar surface area (TPSA) is 232 Å². The van der Waals surface area contributed by atoms with Gasteiger partial charge in [-0.1, -0.05) is 0 Å². The van der Waals surface area contributed by atoms with E-state index in [1.165, 1.54) is 12.1 Å². The number of hydrogen-bond acceptors (Lipinski definition) is 13. The Hall–Kier alpha value is -4.93. The Bertz CT molecular complexity index is 1250. The minimum atomic E-state index is -1.21. The maximum absolute atomic E-state index is 11.6. The van der Waals surface area contributed by atoms with Gasteiger partial charge in [-0.3, -0.25) is 45.3 Å². The Balaban J connectivity index is 1.74. The molecular weight excluding hydrogens is 500 g/mol. The third kappa shape index (κ3) is 6.60. The first-order valence-electron chi connectivity index (χ1n) is 10.6. The van der Waals surface area contributed by atoms with Crippen LogP contribution in [-0.4, -0.2) is 50.6 Å². The quantitative estimate of drug-likeness (QED) is 0.260. The van der Waals surface area contributed by atoms with Crippen LogP contribution in [0.4, 0.5) is 34.1 Å². The largest absolute Gasteiger partial charge is 0.434 e. The van der Waals surface area contributed by atoms with Gasteiger partial charge in [-0.15, -0.1) is 0 Å². The Labute approximate surface area is 207 Å². The molecule has 0 spiro atoms. The number of non-ortho nitro benzene ring substituents is 2. The molecule has 1 aliphatic heterocycles. The highest BCUT2D eigenvalue weighted by atomic mass is 16.7. The molecule has 0 unspecified atom stereocenters. The number of carbonyl (C=O) groups excluding carboxylic acids is 1. The summed E-state index contributed by atoms with van der Waals surface area (Å²) in [6.07, 6.45) is -1.23. The summed E-state index contributed by atoms with van der Waals surface area (Å²) in [7, 11) is 0. The maximum atomic E-state index is 11.6. The monoisotopic (exact) mass is 520 g/mol. The number of rotatable bonds is 10. The molecule has 1 heterocycles. The fourth-order valence-electron chi connectivity index (χ4n) is 3.68. The molecule has 1 fully saturated rings. The van der Waals surface area contributed by atoms with Crippen molar-refractivity contribution in [2.24, 2.45) is 0 Å². The lowest BCUT2D eigenvalue weighted by Gasteiger charge is -2.36. The van der Waals surface area contributed by atoms with E-state index >= 15 is 0 Å². The van der Waals surface area contributed by atoms with E-state index in [9.17, 15) is 45.3 Å². The third-order valence-corrected chi connectivity index (χ3v) is 5.38. The standard InChI is InChI=1S/C20H20N6O11/c1-11(27)36-20-17(22-16-6-3-13(24(30)31)9-19(16)26(34)35)7-4-14(37-20)10-21-15-5-2-12(23(28)29)8-18(15)25(32)33/h2-3,5-6,8-9,14,17,20-22H,4,7,10H2,1H3/t14-,17+,20-/m1/s1. The molecule has 0 aliphatic carbocycles. The summed E-state index contributed by atoms with van der Waals surface area (Å²) in [5, 5.41) is 50.3. The number of anilines is 2. The van der Waals surface area contributed by atoms with E-state index in [4.69, 9.17) is 9.47 Å². The molecule has 196 valence electrons. The highest BCUT2D eigenvalue weighted by Crippen LogP contribution is 2.33. The molecule has 17 heteroatoms. The second kappa shape index (κ2) is 11.2. The number of ether oxygens (including phenoxy) is 2. The summed E-state index contributed by atoms with van der Waals surface area (Å²) < 4.78 is 11.0. The minimum Gasteiger partial charge on any atom is -0.434 e. The smallest absolute Gasteiger partial charge is 0.305 e. The Morgan fingerprint density at radius 2 is 1.43 bits per heavy atom. The molecule has 37 heavy (non-hydrogen) atoms. The van der Waals surface area contributed by atoms with Gasteiger partial charge >= 0.3 is 5.97 Å². The van der Waals surface area contributed by atoms with Crippen molar-refractivity contribution in [3.63, 3.8) is 0 Å². The van der Waals surface area contributed by atoms with Crippen LogP contribution in [0.25, 0.3) is 0 Å². The van der Waals surface area contributed by atoms with Crippen molar-refractivity contribution < 1.29 is 34.0 Å². The van der Waals surface area contributed by atoms with Gasteiger partial charge < -0.3 is 20.1 Å². The zero-order valence-corrected chi connectivity index (χ0v) is 19.1. The lowest BCUT2D eigenvalue weighted by atomic mass is 10.0. The minimum absolute atomic E-state index is 0.0147. The molecule has 2 aromatic carbocycles. The first-order chi connectivity index (χ1) is 17.5. The van der Waals surface area contributed by atoms with Crippen molar-refractivity contribution in [3.05, 3.63) is 76.9 Å². The summed E-state index contributed by atoms with van der Waals surface area (Å²) in [6, 6.07) is 5.43. The highest BCUT2D eigenvalue weighted by Gasteiger charge is 2.35. The Morgan fingerprint density at radius 1 is 0.892 bits per heavy atom. The second-order valence-electron chi connectivity index (χ2n) is 7.88. The SMILES string of the molecule is CC(=O)O[C@@H]1O[C@@H](CNc2ccc([N+](=O)[O-])cc2[N+](=O)[O-])CC[C@@H]1Nc1ccc([N+](=O)[O-])cc1[N+](=O)[O-]. The summed E-state index contributed by atoms with van der Waals surface area (Å²) in [5.74, 6) is -0.699. The van der Waals surface area contributed by atoms with Crippen LogP contribution >= 0.6 is 0 Å². The average Bonchev–Trinajstić information content (AvgIpc) is 2.83. The summed E-state index contributed by atoms with van der Waals surface area (Å²) in [5.41, 5.74) is -2.00. The summed E-state index contributed by atoms with van der Waals surface area (Å²) >= 11 is 0. The number of benzene rings is 2. The molecular formula is C20H20N6O11. The van der Waals surface area contributed by atoms with E-state index in [1.54, 1.807) is 0 Å². The summed E-state index contributed by atoms with van der Waals surface area (Å²) in [4.78, 5) is 53.2. The highest BCUT2D eigenvalue weighted by molar-refractivity contribution is 5.67. The predicted octanol–water partition coefficient (Wildman–Crippen LogP) is 3.28. The van der Waals surface area contributed by atoms with Crippen LogP contribution in [0.2, 0.25) is 0 Å². The third-order valence-electron chi connectivity index (χ3n) is 5.38. The molecule has 0 amide bonds. The summed E-state index contributed by atoms with van der Waals surface area (Å²) in [6.45, 7) is 1.15. The lowest BCUT2D eigenvalue weighted by Crippen LogP contribution is -2.47. The van der Waals surface area contributed by atoms with Gasteiger partial charge in [0.05, 0.1) is 44.0 Å². The first-order valence-corrected chi connectivity index (χ1v) is 10.6. The van der Waals surface area contributed by atoms with Gasteiger partial charge in [-0.05, 0) is 25.0 Å². The van der Waals surface area contributed by atoms with Crippen LogP contribution in [0.1, 0.15) is 19.8 Å². The van der Waals surface area contributed by atoms with Crippen molar-refractivity contribution in [3.8, 4) is 0 Å². The number of esters is 1. The normalized spacial score (nSPS) is 18.9. The molecule has 0 saturated carbocycles. The van der Waals surface area contributed by atoms with Crippen LogP contribution in [0, 0.1) is 40.5 Å². The second-order valence-corrected chi connectivity index (χ2v) is 7.88. The molecule has 2 N–H and O–H groups in total. The molecule has 1 aliphatic rings. The fraction of sp³-hybridized carbons (Fsp3) is 0.350. The number of nitrogens with zero attached hydrogens (tertiary/aromatic N) is 4. The van der Waals surface area contributed by atoms with Crippen LogP contribution in [-0.2, 0) is 14.3 Å². The van der Waals surface area contributed by atoms with E-state index in [1.807, 2.05) is 0 Å². The molecule has 17 nitrogen and oxygen atoms in total. The van der Waals surface area contributed by atoms with Gasteiger partial charge in [-0.25, -0.2) is 0 Å². The van der Waals surface area contributed by atoms with Gasteiger partial charge in [0.25, 0.3) is 22.7 Å². The number of carbonyl (C=O) groups is 1. The van der Waals surface area contributed by atoms with Crippen molar-refractivity contribution in [2.45, 2.75) is 38.2 Å². The van der Waals surface area contributed by atoms with Crippen LogP contribution in [0.15, 0.2) is 36.4 Å². The van der Waals surface area contributed by atoms with Crippen LogP contribution in [0.3, 0.4) is 0 Å². The molecule has 0 aromatic heterocycles. The van der Waals surface area contributed by atoms with Crippen LogP contribution < -0.4 is 10.6 Å². The number of nitro groups is 4. The first kappa shape index (κ1) is 26.7. The van der Waals surface area contributed by atoms with Gasteiger partial charge in [0.1, 0.15) is 11.4 Å². The Kier molecular flexibility index (Phi) is 8.08. The van der Waals surface area contributed by atoms with Crippen molar-refractivity contribution in [1.82, 2.24) is 0 Å². The van der Waals surface area contributed by atoms with E-state index in [2.05, 4.69) is 10.6 Å². The molecule has 0 bridgehead atoms. The van der Waals surface area contributed by atoms with Gasteiger partial charge in [-0.2, -0.15) is 0 Å². The number of nitrogens with one attached hydrogen (secondary N) is 2. The van der Waals surface area contributed by atoms with E-state index in [0.717, 1.165) is 31.2 Å². The van der Waals surface area contributed by atoms with Crippen molar-refractivity contribution >= 4 is 40.1 Å². The molecule has 3 atom stereocenters. The van der Waals surface area contributed by atoms with Crippen LogP contribution in [0.5, 0.6) is 0 Å². The van der Waals surface area contributed by atoms with E-state index in [0.29, 0.717) is 6.42 Å². The van der Waals surface area contributed by atoms with Crippen molar-refractivity contribution in [1.29, 1.82) is 0 Å².